The maximum absolute atomic E-state index is 14.1. The second-order valence-corrected chi connectivity index (χ2v) is 10.0. The summed E-state index contributed by atoms with van der Waals surface area (Å²) in [6, 6.07) is 16.2. The van der Waals surface area contributed by atoms with Crippen LogP contribution >= 0.6 is 39.3 Å². The number of anilines is 1. The number of nitrogens with one attached hydrogen (secondary N) is 1. The summed E-state index contributed by atoms with van der Waals surface area (Å²) in [7, 11) is 1.46. The van der Waals surface area contributed by atoms with Crippen LogP contribution in [0.25, 0.3) is 6.08 Å². The lowest BCUT2D eigenvalue weighted by atomic mass is 10.1. The number of amides is 3. The van der Waals surface area contributed by atoms with Crippen LogP contribution in [0.3, 0.4) is 0 Å². The molecule has 190 valence electrons. The first-order valence-corrected chi connectivity index (χ1v) is 12.8. The van der Waals surface area contributed by atoms with Crippen molar-refractivity contribution in [2.75, 3.05) is 19.0 Å². The van der Waals surface area contributed by atoms with Crippen LogP contribution in [0, 0.1) is 5.82 Å². The Balaban J connectivity index is 1.47. The molecule has 1 aliphatic rings. The Morgan fingerprint density at radius 1 is 1.14 bits per heavy atom. The van der Waals surface area contributed by atoms with E-state index in [-0.39, 0.29) is 22.1 Å². The second kappa shape index (κ2) is 11.8. The van der Waals surface area contributed by atoms with Crippen LogP contribution in [0.5, 0.6) is 11.5 Å². The molecule has 37 heavy (non-hydrogen) atoms. The molecule has 3 aromatic rings. The average Bonchev–Trinajstić information content (AvgIpc) is 3.12. The molecule has 1 saturated heterocycles. The molecule has 0 unspecified atom stereocenters. The molecule has 0 saturated carbocycles. The number of thioether (sulfide) groups is 1. The van der Waals surface area contributed by atoms with E-state index in [1.807, 2.05) is 0 Å². The van der Waals surface area contributed by atoms with E-state index in [1.54, 1.807) is 48.5 Å². The van der Waals surface area contributed by atoms with Crippen LogP contribution < -0.4 is 14.8 Å². The van der Waals surface area contributed by atoms with Crippen LogP contribution in [0.1, 0.15) is 11.1 Å². The van der Waals surface area contributed by atoms with Gasteiger partial charge >= 0.3 is 0 Å². The molecular weight excluding hydrogens is 587 g/mol. The zero-order chi connectivity index (χ0) is 26.5. The zero-order valence-electron chi connectivity index (χ0n) is 19.3. The number of halogens is 3. The molecule has 0 atom stereocenters. The average molecular weight is 606 g/mol. The highest BCUT2D eigenvalue weighted by Gasteiger charge is 2.36. The third-order valence-electron chi connectivity index (χ3n) is 5.22. The van der Waals surface area contributed by atoms with Gasteiger partial charge in [0.1, 0.15) is 19.0 Å². The number of hydrogen-bond donors (Lipinski definition) is 1. The van der Waals surface area contributed by atoms with E-state index in [0.29, 0.717) is 22.7 Å². The summed E-state index contributed by atoms with van der Waals surface area (Å²) < 4.78 is 26.1. The fourth-order valence-electron chi connectivity index (χ4n) is 3.38. The number of methoxy groups -OCH3 is 1. The molecule has 4 rings (SSSR count). The predicted octanol–water partition coefficient (Wildman–Crippen LogP) is 6.50. The number of ether oxygens (including phenoxy) is 2. The van der Waals surface area contributed by atoms with Gasteiger partial charge < -0.3 is 14.8 Å². The molecule has 1 heterocycles. The van der Waals surface area contributed by atoms with E-state index in [4.69, 9.17) is 21.1 Å². The quantitative estimate of drug-likeness (QED) is 0.295. The monoisotopic (exact) mass is 604 g/mol. The molecule has 0 bridgehead atoms. The summed E-state index contributed by atoms with van der Waals surface area (Å²) in [5.41, 5.74) is 1.28. The zero-order valence-corrected chi connectivity index (χ0v) is 22.5. The van der Waals surface area contributed by atoms with E-state index in [1.165, 1.54) is 25.3 Å². The predicted molar refractivity (Wildman–Crippen MR) is 144 cm³/mol. The minimum atomic E-state index is -0.586. The molecule has 0 spiro atoms. The standard InChI is InChI=1S/C26H19BrClFN2O5S/c1-35-21-10-5-15(11-22(21)36-14-18-19(28)3-2-4-20(18)29)12-23-25(33)31(26(34)37-23)13-24(32)30-17-8-6-16(27)7-9-17/h2-12H,13-14H2,1H3,(H,30,32)/b23-12+. The second-order valence-electron chi connectivity index (χ2n) is 7.72. The van der Waals surface area contributed by atoms with E-state index in [0.717, 1.165) is 21.1 Å². The van der Waals surface area contributed by atoms with Gasteiger partial charge in [-0.05, 0) is 71.9 Å². The van der Waals surface area contributed by atoms with Crippen LogP contribution in [-0.4, -0.2) is 35.6 Å². The van der Waals surface area contributed by atoms with Crippen molar-refractivity contribution in [2.45, 2.75) is 6.61 Å². The minimum absolute atomic E-state index is 0.144. The molecule has 0 aromatic heterocycles. The molecule has 0 aliphatic carbocycles. The van der Waals surface area contributed by atoms with Gasteiger partial charge in [-0.15, -0.1) is 0 Å². The maximum atomic E-state index is 14.1. The molecular formula is C26H19BrClFN2O5S. The van der Waals surface area contributed by atoms with Gasteiger partial charge in [-0.1, -0.05) is 39.7 Å². The molecule has 1 aliphatic heterocycles. The highest BCUT2D eigenvalue weighted by atomic mass is 79.9. The lowest BCUT2D eigenvalue weighted by Gasteiger charge is -2.13. The first-order chi connectivity index (χ1) is 17.7. The topological polar surface area (TPSA) is 84.9 Å². The Morgan fingerprint density at radius 2 is 1.89 bits per heavy atom. The number of hydrogen-bond acceptors (Lipinski definition) is 6. The van der Waals surface area contributed by atoms with Crippen molar-refractivity contribution < 1.29 is 28.2 Å². The van der Waals surface area contributed by atoms with Crippen molar-refractivity contribution in [1.29, 1.82) is 0 Å². The lowest BCUT2D eigenvalue weighted by molar-refractivity contribution is -0.127. The van der Waals surface area contributed by atoms with Crippen LogP contribution in [-0.2, 0) is 16.2 Å². The van der Waals surface area contributed by atoms with Gasteiger partial charge in [-0.2, -0.15) is 0 Å². The Kier molecular flexibility index (Phi) is 8.52. The van der Waals surface area contributed by atoms with Crippen molar-refractivity contribution >= 4 is 68.1 Å². The number of rotatable bonds is 8. The van der Waals surface area contributed by atoms with Gasteiger partial charge in [0.05, 0.1) is 17.0 Å². The fourth-order valence-corrected chi connectivity index (χ4v) is 4.70. The van der Waals surface area contributed by atoms with Crippen LogP contribution in [0.15, 0.2) is 70.0 Å². The molecule has 0 radical (unpaired) electrons. The number of nitrogens with zero attached hydrogens (tertiary/aromatic N) is 1. The fraction of sp³-hybridized carbons (Fsp3) is 0.115. The summed E-state index contributed by atoms with van der Waals surface area (Å²) in [4.78, 5) is 38.7. The summed E-state index contributed by atoms with van der Waals surface area (Å²) in [6.45, 7) is -0.562. The first-order valence-electron chi connectivity index (χ1n) is 10.8. The van der Waals surface area contributed by atoms with Crippen molar-refractivity contribution in [1.82, 2.24) is 4.90 Å². The minimum Gasteiger partial charge on any atom is -0.493 e. The number of carbonyl (C=O) groups excluding carboxylic acids is 3. The highest BCUT2D eigenvalue weighted by Crippen LogP contribution is 2.35. The van der Waals surface area contributed by atoms with E-state index >= 15 is 0 Å². The number of carbonyl (C=O) groups is 3. The van der Waals surface area contributed by atoms with Gasteiger partial charge in [-0.25, -0.2) is 4.39 Å². The molecule has 1 fully saturated rings. The SMILES string of the molecule is COc1ccc(/C=C2/SC(=O)N(CC(=O)Nc3ccc(Br)cc3)C2=O)cc1OCc1c(F)cccc1Cl. The van der Waals surface area contributed by atoms with Gasteiger partial charge in [0.15, 0.2) is 11.5 Å². The Bertz CT molecular complexity index is 1380. The molecule has 3 aromatic carbocycles. The van der Waals surface area contributed by atoms with Crippen molar-refractivity contribution in [3.8, 4) is 11.5 Å². The molecule has 1 N–H and O–H groups in total. The van der Waals surface area contributed by atoms with Gasteiger partial charge in [-0.3, -0.25) is 19.3 Å². The summed E-state index contributed by atoms with van der Waals surface area (Å²) in [6.07, 6.45) is 1.51. The van der Waals surface area contributed by atoms with Crippen LogP contribution in [0.4, 0.5) is 14.9 Å². The van der Waals surface area contributed by atoms with Crippen LogP contribution in [0.2, 0.25) is 5.02 Å². The summed E-state index contributed by atoms with van der Waals surface area (Å²) in [5, 5.41) is 2.33. The van der Waals surface area contributed by atoms with Gasteiger partial charge in [0.25, 0.3) is 11.1 Å². The van der Waals surface area contributed by atoms with Crippen molar-refractivity contribution in [3.63, 3.8) is 0 Å². The van der Waals surface area contributed by atoms with Crippen molar-refractivity contribution in [3.05, 3.63) is 92.0 Å². The Hall–Kier alpha value is -3.34. The van der Waals surface area contributed by atoms with Gasteiger partial charge in [0.2, 0.25) is 5.91 Å². The summed E-state index contributed by atoms with van der Waals surface area (Å²) in [5.74, 6) is -0.901. The van der Waals surface area contributed by atoms with Crippen molar-refractivity contribution in [2.24, 2.45) is 0 Å². The lowest BCUT2D eigenvalue weighted by Crippen LogP contribution is -2.36. The number of imide groups is 1. The highest BCUT2D eigenvalue weighted by molar-refractivity contribution is 9.10. The van der Waals surface area contributed by atoms with Gasteiger partial charge in [0, 0.05) is 15.7 Å². The smallest absolute Gasteiger partial charge is 0.294 e. The number of benzene rings is 3. The molecule has 11 heteroatoms. The first kappa shape index (κ1) is 26.7. The van der Waals surface area contributed by atoms with E-state index in [9.17, 15) is 18.8 Å². The maximum Gasteiger partial charge on any atom is 0.294 e. The largest absolute Gasteiger partial charge is 0.493 e. The Labute approximate surface area is 229 Å². The molecule has 3 amide bonds. The van der Waals surface area contributed by atoms with E-state index in [2.05, 4.69) is 21.2 Å². The summed E-state index contributed by atoms with van der Waals surface area (Å²) >= 11 is 10.1. The third kappa shape index (κ3) is 6.51. The van der Waals surface area contributed by atoms with E-state index < -0.39 is 29.4 Å². The third-order valence-corrected chi connectivity index (χ3v) is 7.01. The molecule has 7 nitrogen and oxygen atoms in total. The Morgan fingerprint density at radius 3 is 2.59 bits per heavy atom. The normalized spacial score (nSPS) is 14.3.